The van der Waals surface area contributed by atoms with Crippen LogP contribution < -0.4 is 10.4 Å². The Labute approximate surface area is 267 Å². The van der Waals surface area contributed by atoms with E-state index in [1.54, 1.807) is 24.4 Å². The summed E-state index contributed by atoms with van der Waals surface area (Å²) in [5.41, 5.74) is 5.07. The van der Waals surface area contributed by atoms with Crippen LogP contribution in [0.5, 0.6) is 0 Å². The van der Waals surface area contributed by atoms with Gasteiger partial charge in [-0.25, -0.2) is 8.42 Å². The molecule has 6 aromatic rings. The normalized spacial score (nSPS) is 12.6. The molecule has 1 aliphatic heterocycles. The molecule has 0 amide bonds. The second kappa shape index (κ2) is 12.7. The van der Waals surface area contributed by atoms with Gasteiger partial charge in [0.05, 0.1) is 4.90 Å². The Balaban J connectivity index is 0.000000238. The topological polar surface area (TPSA) is 59.9 Å². The van der Waals surface area contributed by atoms with Gasteiger partial charge in [-0.05, 0) is 39.2 Å². The van der Waals surface area contributed by atoms with Gasteiger partial charge in [0.25, 0.3) is 0 Å². The molecule has 0 aliphatic carbocycles. The Kier molecular flexibility index (Phi) is 8.99. The molecule has 1 radical (unpaired) electrons. The van der Waals surface area contributed by atoms with Crippen LogP contribution in [-0.2, 0) is 29.9 Å². The first-order valence-corrected chi connectivity index (χ1v) is 18.1. The van der Waals surface area contributed by atoms with Crippen LogP contribution in [0.2, 0.25) is 13.1 Å². The Morgan fingerprint density at radius 3 is 2.05 bits per heavy atom. The smallest absolute Gasteiger partial charge is 0.173 e. The van der Waals surface area contributed by atoms with Crippen LogP contribution in [0.15, 0.2) is 144 Å². The molecule has 43 heavy (non-hydrogen) atoms. The van der Waals surface area contributed by atoms with Crippen molar-refractivity contribution in [2.75, 3.05) is 0 Å². The van der Waals surface area contributed by atoms with Crippen molar-refractivity contribution in [1.82, 2.24) is 9.97 Å². The number of aromatic nitrogens is 2. The van der Waals surface area contributed by atoms with Gasteiger partial charge in [0.2, 0.25) is 0 Å². The van der Waals surface area contributed by atoms with Crippen molar-refractivity contribution in [3.63, 3.8) is 0 Å². The molecular formula is C36H28IrN2O2SSi-2. The van der Waals surface area contributed by atoms with Crippen LogP contribution in [0.4, 0.5) is 0 Å². The molecule has 2 aromatic heterocycles. The number of benzene rings is 4. The molecule has 0 atom stereocenters. The molecule has 0 bridgehead atoms. The summed E-state index contributed by atoms with van der Waals surface area (Å²) in [5, 5.41) is 2.62. The molecule has 0 saturated carbocycles. The summed E-state index contributed by atoms with van der Waals surface area (Å²) in [7, 11) is -5.28. The Hall–Kier alpha value is -4.00. The van der Waals surface area contributed by atoms with Crippen molar-refractivity contribution < 1.29 is 28.5 Å². The fourth-order valence-corrected chi connectivity index (χ4v) is 9.00. The molecule has 0 spiro atoms. The Morgan fingerprint density at radius 1 is 0.628 bits per heavy atom. The van der Waals surface area contributed by atoms with Gasteiger partial charge in [-0.1, -0.05) is 96.6 Å². The van der Waals surface area contributed by atoms with Gasteiger partial charge in [-0.15, -0.1) is 59.7 Å². The molecule has 3 heterocycles. The molecule has 7 heteroatoms. The largest absolute Gasteiger partial charge is 0.305 e. The van der Waals surface area contributed by atoms with Gasteiger partial charge in [-0.3, -0.25) is 0 Å². The first-order valence-electron chi connectivity index (χ1n) is 13.7. The van der Waals surface area contributed by atoms with E-state index < -0.39 is 17.9 Å². The summed E-state index contributed by atoms with van der Waals surface area (Å²) in [6, 6.07) is 45.3. The van der Waals surface area contributed by atoms with E-state index in [4.69, 9.17) is 4.98 Å². The molecule has 0 saturated heterocycles. The maximum absolute atomic E-state index is 12.8. The molecule has 0 N–H and O–H groups in total. The molecule has 1 aliphatic rings. The van der Waals surface area contributed by atoms with E-state index in [0.29, 0.717) is 9.79 Å². The van der Waals surface area contributed by atoms with Gasteiger partial charge in [0.1, 0.15) is 8.07 Å². The third-order valence-electron chi connectivity index (χ3n) is 7.58. The van der Waals surface area contributed by atoms with Gasteiger partial charge in [-0.2, -0.15) is 0 Å². The third-order valence-corrected chi connectivity index (χ3v) is 12.9. The number of nitrogens with zero attached hydrogens (tertiary/aromatic N) is 2. The van der Waals surface area contributed by atoms with E-state index in [1.165, 1.54) is 10.4 Å². The molecular weight excluding hydrogens is 745 g/mol. The zero-order valence-electron chi connectivity index (χ0n) is 23.7. The SMILES string of the molecule is C[Si](C)(c1ccccc1)c1ccc(-c2[c-]cc3c(c2)-c2ccccc2S3(=O)=O)nc1.[Ir].[c-]1ccccc1-c1ccccn1. The van der Waals surface area contributed by atoms with Crippen LogP contribution in [0.25, 0.3) is 33.6 Å². The Morgan fingerprint density at radius 2 is 1.35 bits per heavy atom. The molecule has 215 valence electrons. The van der Waals surface area contributed by atoms with E-state index in [2.05, 4.69) is 60.5 Å². The molecule has 4 nitrogen and oxygen atoms in total. The fourth-order valence-electron chi connectivity index (χ4n) is 5.12. The second-order valence-corrected chi connectivity index (χ2v) is 16.8. The quantitative estimate of drug-likeness (QED) is 0.147. The van der Waals surface area contributed by atoms with Crippen molar-refractivity contribution >= 4 is 28.3 Å². The predicted octanol–water partition coefficient (Wildman–Crippen LogP) is 6.73. The first kappa shape index (κ1) is 30.5. The average Bonchev–Trinajstić information content (AvgIpc) is 3.28. The van der Waals surface area contributed by atoms with Gasteiger partial charge in [0, 0.05) is 32.5 Å². The summed E-state index contributed by atoms with van der Waals surface area (Å²) in [5.74, 6) is 0. The summed E-state index contributed by atoms with van der Waals surface area (Å²) in [4.78, 5) is 9.62. The van der Waals surface area contributed by atoms with Crippen molar-refractivity contribution in [2.24, 2.45) is 0 Å². The van der Waals surface area contributed by atoms with Crippen molar-refractivity contribution in [3.8, 4) is 33.6 Å². The minimum absolute atomic E-state index is 0. The Bertz CT molecular complexity index is 1910. The van der Waals surface area contributed by atoms with Gasteiger partial charge < -0.3 is 9.97 Å². The van der Waals surface area contributed by atoms with E-state index in [1.807, 2.05) is 79.0 Å². The first-order chi connectivity index (χ1) is 20.4. The van der Waals surface area contributed by atoms with Crippen LogP contribution in [0, 0.1) is 12.1 Å². The van der Waals surface area contributed by atoms with Crippen molar-refractivity contribution in [1.29, 1.82) is 0 Å². The van der Waals surface area contributed by atoms with Crippen molar-refractivity contribution in [2.45, 2.75) is 22.9 Å². The van der Waals surface area contributed by atoms with Crippen LogP contribution in [-0.4, -0.2) is 26.5 Å². The number of hydrogen-bond donors (Lipinski definition) is 0. The molecule has 0 fully saturated rings. The molecule has 7 rings (SSSR count). The number of fused-ring (bicyclic) bond motifs is 3. The summed E-state index contributed by atoms with van der Waals surface area (Å²) < 4.78 is 25.6. The summed E-state index contributed by atoms with van der Waals surface area (Å²) >= 11 is 0. The fraction of sp³-hybridized carbons (Fsp3) is 0.0556. The van der Waals surface area contributed by atoms with E-state index in [9.17, 15) is 8.42 Å². The van der Waals surface area contributed by atoms with E-state index in [-0.39, 0.29) is 20.1 Å². The number of hydrogen-bond acceptors (Lipinski definition) is 4. The number of sulfone groups is 1. The zero-order valence-corrected chi connectivity index (χ0v) is 27.9. The number of pyridine rings is 2. The van der Waals surface area contributed by atoms with Crippen molar-refractivity contribution in [3.05, 3.63) is 146 Å². The zero-order chi connectivity index (χ0) is 29.2. The van der Waals surface area contributed by atoms with E-state index >= 15 is 0 Å². The monoisotopic (exact) mass is 773 g/mol. The predicted molar refractivity (Wildman–Crippen MR) is 171 cm³/mol. The second-order valence-electron chi connectivity index (χ2n) is 10.5. The van der Waals surface area contributed by atoms with Crippen LogP contribution in [0.3, 0.4) is 0 Å². The average molecular weight is 773 g/mol. The maximum Gasteiger partial charge on any atom is 0.173 e. The van der Waals surface area contributed by atoms with Crippen LogP contribution in [0.1, 0.15) is 0 Å². The molecule has 0 unspecified atom stereocenters. The van der Waals surface area contributed by atoms with Gasteiger partial charge >= 0.3 is 0 Å². The third kappa shape index (κ3) is 6.08. The summed E-state index contributed by atoms with van der Waals surface area (Å²) in [6.07, 6.45) is 3.75. The maximum atomic E-state index is 12.8. The minimum Gasteiger partial charge on any atom is -0.305 e. The van der Waals surface area contributed by atoms with E-state index in [0.717, 1.165) is 33.6 Å². The minimum atomic E-state index is -3.47. The van der Waals surface area contributed by atoms with Gasteiger partial charge in [0.15, 0.2) is 9.84 Å². The number of rotatable bonds is 4. The summed E-state index contributed by atoms with van der Waals surface area (Å²) in [6.45, 7) is 4.64. The standard InChI is InChI=1S/C25H20NO2SSi.C11H8N.Ir/c1-30(2,19-8-4-3-5-9-19)20-13-14-23(26-17-20)18-12-15-25-22(16-18)21-10-6-7-11-24(21)29(25,27)28;1-2-6-10(7-3-1)11-8-4-5-9-12-11;/h3-11,13-17H,1-2H3;1-6,8-9H;/q2*-1;. The van der Waals surface area contributed by atoms with Crippen LogP contribution >= 0.6 is 0 Å². The molecule has 4 aromatic carbocycles.